The number of esters is 2. The predicted octanol–water partition coefficient (Wildman–Crippen LogP) is 6.23. The van der Waals surface area contributed by atoms with Crippen LogP contribution in [0.1, 0.15) is 125 Å². The number of aliphatic hydroxyl groups is 1. The standard InChI is InChI=1S/C27H48O6/c1-6-7-8-12-15-18-24(29)19-16-13-10-9-11-14-17-20-27(31,21-22-32-23(2)28)25(30)33-26(3,4)5/h14,17,31H,6-13,15-16,18-22H2,1-5H3/b17-14+/t27-/m1/s1. The van der Waals surface area contributed by atoms with Crippen LogP contribution in [-0.2, 0) is 23.9 Å². The minimum Gasteiger partial charge on any atom is -0.466 e. The lowest BCUT2D eigenvalue weighted by Gasteiger charge is -2.29. The maximum Gasteiger partial charge on any atom is 0.339 e. The van der Waals surface area contributed by atoms with E-state index < -0.39 is 23.1 Å². The number of carbonyl (C=O) groups is 3. The molecule has 0 bridgehead atoms. The van der Waals surface area contributed by atoms with Crippen molar-refractivity contribution in [2.75, 3.05) is 6.61 Å². The summed E-state index contributed by atoms with van der Waals surface area (Å²) in [5, 5.41) is 10.8. The number of ether oxygens (including phenoxy) is 2. The number of rotatable bonds is 19. The van der Waals surface area contributed by atoms with Gasteiger partial charge in [-0.05, 0) is 46.5 Å². The van der Waals surface area contributed by atoms with E-state index in [1.807, 2.05) is 6.08 Å². The van der Waals surface area contributed by atoms with Gasteiger partial charge < -0.3 is 14.6 Å². The average Bonchev–Trinajstić information content (AvgIpc) is 2.70. The minimum atomic E-state index is -1.73. The first kappa shape index (κ1) is 31.3. The lowest BCUT2D eigenvalue weighted by Crippen LogP contribution is -2.44. The van der Waals surface area contributed by atoms with Crippen LogP contribution in [0.25, 0.3) is 0 Å². The van der Waals surface area contributed by atoms with Crippen molar-refractivity contribution in [1.82, 2.24) is 0 Å². The number of hydrogen-bond donors (Lipinski definition) is 1. The first-order valence-electron chi connectivity index (χ1n) is 12.8. The van der Waals surface area contributed by atoms with Gasteiger partial charge in [-0.1, -0.05) is 57.6 Å². The summed E-state index contributed by atoms with van der Waals surface area (Å²) in [6, 6.07) is 0. The molecule has 6 nitrogen and oxygen atoms in total. The van der Waals surface area contributed by atoms with Crippen LogP contribution in [-0.4, -0.2) is 40.6 Å². The van der Waals surface area contributed by atoms with Crippen molar-refractivity contribution in [2.45, 2.75) is 136 Å². The van der Waals surface area contributed by atoms with Gasteiger partial charge in [-0.3, -0.25) is 9.59 Å². The maximum absolute atomic E-state index is 12.5. The molecule has 192 valence electrons. The van der Waals surface area contributed by atoms with Crippen LogP contribution in [0.4, 0.5) is 0 Å². The Hall–Kier alpha value is -1.69. The molecule has 0 amide bonds. The van der Waals surface area contributed by atoms with E-state index in [4.69, 9.17) is 9.47 Å². The highest BCUT2D eigenvalue weighted by molar-refractivity contribution is 5.80. The molecule has 0 aromatic heterocycles. The Bertz CT molecular complexity index is 590. The number of unbranched alkanes of at least 4 members (excludes halogenated alkanes) is 8. The van der Waals surface area contributed by atoms with Crippen LogP contribution < -0.4 is 0 Å². The van der Waals surface area contributed by atoms with Gasteiger partial charge in [-0.25, -0.2) is 4.79 Å². The van der Waals surface area contributed by atoms with Crippen molar-refractivity contribution < 1.29 is 29.0 Å². The molecular weight excluding hydrogens is 420 g/mol. The van der Waals surface area contributed by atoms with E-state index in [1.54, 1.807) is 26.8 Å². The molecule has 0 heterocycles. The van der Waals surface area contributed by atoms with Crippen LogP contribution in [0.15, 0.2) is 12.2 Å². The smallest absolute Gasteiger partial charge is 0.339 e. The number of carbonyl (C=O) groups excluding carboxylic acids is 3. The lowest BCUT2D eigenvalue weighted by atomic mass is 9.95. The van der Waals surface area contributed by atoms with Gasteiger partial charge in [0.1, 0.15) is 11.4 Å². The maximum atomic E-state index is 12.5. The van der Waals surface area contributed by atoms with Gasteiger partial charge in [0, 0.05) is 32.6 Å². The molecule has 0 aromatic rings. The van der Waals surface area contributed by atoms with Gasteiger partial charge in [0.15, 0.2) is 5.60 Å². The summed E-state index contributed by atoms with van der Waals surface area (Å²) in [6.07, 6.45) is 16.1. The van der Waals surface area contributed by atoms with Gasteiger partial charge >= 0.3 is 11.9 Å². The highest BCUT2D eigenvalue weighted by Gasteiger charge is 2.38. The first-order valence-corrected chi connectivity index (χ1v) is 12.8. The fraction of sp³-hybridized carbons (Fsp3) is 0.815. The molecule has 0 radical (unpaired) electrons. The molecule has 1 atom stereocenters. The molecule has 0 rings (SSSR count). The number of Topliss-reactive ketones (excluding diaryl/α,β-unsaturated/α-hetero) is 1. The molecular formula is C27H48O6. The van der Waals surface area contributed by atoms with Gasteiger partial charge in [-0.2, -0.15) is 0 Å². The van der Waals surface area contributed by atoms with Crippen molar-refractivity contribution >= 4 is 17.7 Å². The molecule has 0 spiro atoms. The van der Waals surface area contributed by atoms with Crippen molar-refractivity contribution in [3.05, 3.63) is 12.2 Å². The third kappa shape index (κ3) is 18.4. The second kappa shape index (κ2) is 17.7. The van der Waals surface area contributed by atoms with E-state index in [-0.39, 0.29) is 19.4 Å². The van der Waals surface area contributed by atoms with E-state index in [9.17, 15) is 19.5 Å². The van der Waals surface area contributed by atoms with Crippen molar-refractivity contribution in [2.24, 2.45) is 0 Å². The highest BCUT2D eigenvalue weighted by atomic mass is 16.6. The fourth-order valence-corrected chi connectivity index (χ4v) is 3.41. The summed E-state index contributed by atoms with van der Waals surface area (Å²) in [4.78, 5) is 35.4. The number of ketones is 1. The second-order valence-corrected chi connectivity index (χ2v) is 9.95. The molecule has 0 unspecified atom stereocenters. The number of allylic oxidation sites excluding steroid dienone is 1. The lowest BCUT2D eigenvalue weighted by molar-refractivity contribution is -0.179. The van der Waals surface area contributed by atoms with Crippen LogP contribution >= 0.6 is 0 Å². The summed E-state index contributed by atoms with van der Waals surface area (Å²) in [6.45, 7) is 8.67. The summed E-state index contributed by atoms with van der Waals surface area (Å²) in [7, 11) is 0. The topological polar surface area (TPSA) is 89.9 Å². The van der Waals surface area contributed by atoms with Gasteiger partial charge in [-0.15, -0.1) is 0 Å². The van der Waals surface area contributed by atoms with E-state index in [0.29, 0.717) is 12.2 Å². The summed E-state index contributed by atoms with van der Waals surface area (Å²) < 4.78 is 10.3. The molecule has 0 saturated carbocycles. The Morgan fingerprint density at radius 3 is 1.97 bits per heavy atom. The van der Waals surface area contributed by atoms with Gasteiger partial charge in [0.2, 0.25) is 0 Å². The molecule has 0 aromatic carbocycles. The minimum absolute atomic E-state index is 0.0154. The fourth-order valence-electron chi connectivity index (χ4n) is 3.41. The van der Waals surface area contributed by atoms with Crippen molar-refractivity contribution in [3.8, 4) is 0 Å². The van der Waals surface area contributed by atoms with Crippen LogP contribution in [0.2, 0.25) is 0 Å². The predicted molar refractivity (Wildman–Crippen MR) is 132 cm³/mol. The molecule has 33 heavy (non-hydrogen) atoms. The summed E-state index contributed by atoms with van der Waals surface area (Å²) >= 11 is 0. The molecule has 0 saturated heterocycles. The third-order valence-electron chi connectivity index (χ3n) is 5.36. The van der Waals surface area contributed by atoms with Crippen LogP contribution in [0.5, 0.6) is 0 Å². The molecule has 6 heteroatoms. The summed E-state index contributed by atoms with van der Waals surface area (Å²) in [5.74, 6) is -0.769. The van der Waals surface area contributed by atoms with Gasteiger partial charge in [0.25, 0.3) is 0 Å². The third-order valence-corrected chi connectivity index (χ3v) is 5.36. The zero-order chi connectivity index (χ0) is 25.2. The number of hydrogen-bond acceptors (Lipinski definition) is 6. The molecule has 0 aliphatic rings. The quantitative estimate of drug-likeness (QED) is 0.137. The van der Waals surface area contributed by atoms with Gasteiger partial charge in [0.05, 0.1) is 6.61 Å². The van der Waals surface area contributed by atoms with Crippen LogP contribution in [0, 0.1) is 0 Å². The Morgan fingerprint density at radius 2 is 1.42 bits per heavy atom. The van der Waals surface area contributed by atoms with E-state index >= 15 is 0 Å². The van der Waals surface area contributed by atoms with E-state index in [1.165, 1.54) is 32.6 Å². The second-order valence-electron chi connectivity index (χ2n) is 9.95. The molecule has 0 aliphatic carbocycles. The van der Waals surface area contributed by atoms with Crippen molar-refractivity contribution in [1.29, 1.82) is 0 Å². The molecule has 0 fully saturated rings. The first-order chi connectivity index (χ1) is 15.5. The average molecular weight is 469 g/mol. The summed E-state index contributed by atoms with van der Waals surface area (Å²) in [5.41, 5.74) is -2.44. The van der Waals surface area contributed by atoms with E-state index in [0.717, 1.165) is 44.9 Å². The monoisotopic (exact) mass is 468 g/mol. The largest absolute Gasteiger partial charge is 0.466 e. The Balaban J connectivity index is 4.17. The molecule has 1 N–H and O–H groups in total. The normalized spacial score (nSPS) is 13.6. The Labute approximate surface area is 201 Å². The zero-order valence-corrected chi connectivity index (χ0v) is 21.7. The van der Waals surface area contributed by atoms with E-state index in [2.05, 4.69) is 6.92 Å². The van der Waals surface area contributed by atoms with Crippen molar-refractivity contribution in [3.63, 3.8) is 0 Å². The molecule has 0 aliphatic heterocycles. The Morgan fingerprint density at radius 1 is 0.848 bits per heavy atom. The van der Waals surface area contributed by atoms with Crippen LogP contribution in [0.3, 0.4) is 0 Å². The Kier molecular flexibility index (Phi) is 16.8. The highest BCUT2D eigenvalue weighted by Crippen LogP contribution is 2.22. The SMILES string of the molecule is CCCCCCCC(=O)CCCCCC/C=C/C[C@@](O)(CCOC(C)=O)C(=O)OC(C)(C)C. The zero-order valence-electron chi connectivity index (χ0n) is 21.7.